The number of carboxylic acid groups (broad SMARTS) is 1. The number of carbonyl (C=O) groups excluding carboxylic acids is 1. The number of aliphatic carboxylic acids is 1. The molecule has 0 spiro atoms. The van der Waals surface area contributed by atoms with Gasteiger partial charge < -0.3 is 20.8 Å². The Morgan fingerprint density at radius 1 is 1.29 bits per heavy atom. The van der Waals surface area contributed by atoms with E-state index < -0.39 is 24.1 Å². The van der Waals surface area contributed by atoms with E-state index in [1.165, 1.54) is 13.1 Å². The predicted octanol–water partition coefficient (Wildman–Crippen LogP) is 1.19. The monoisotopic (exact) mass is 289 g/mol. The molecule has 2 atom stereocenters. The van der Waals surface area contributed by atoms with Crippen molar-refractivity contribution in [3.63, 3.8) is 0 Å². The molecule has 1 aromatic heterocycles. The van der Waals surface area contributed by atoms with Gasteiger partial charge in [0.05, 0.1) is 23.5 Å². The minimum Gasteiger partial charge on any atom is -0.480 e. The Kier molecular flexibility index (Phi) is 4.34. The third-order valence-corrected chi connectivity index (χ3v) is 2.88. The van der Waals surface area contributed by atoms with Gasteiger partial charge in [-0.15, -0.1) is 0 Å². The first kappa shape index (κ1) is 14.7. The highest BCUT2D eigenvalue weighted by Crippen LogP contribution is 2.15. The lowest BCUT2D eigenvalue weighted by Gasteiger charge is -2.17. The van der Waals surface area contributed by atoms with Crippen LogP contribution in [0.4, 0.5) is 10.5 Å². The fraction of sp³-hybridized carbons (Fsp3) is 0.214. The van der Waals surface area contributed by atoms with E-state index in [4.69, 9.17) is 5.11 Å². The summed E-state index contributed by atoms with van der Waals surface area (Å²) in [6.45, 7) is 1.29. The molecule has 110 valence electrons. The van der Waals surface area contributed by atoms with Crippen LogP contribution in [0.25, 0.3) is 10.9 Å². The summed E-state index contributed by atoms with van der Waals surface area (Å²) in [7, 11) is 0. The van der Waals surface area contributed by atoms with E-state index in [1.807, 2.05) is 24.3 Å². The number of pyridine rings is 1. The van der Waals surface area contributed by atoms with Gasteiger partial charge in [-0.1, -0.05) is 18.2 Å². The van der Waals surface area contributed by atoms with Crippen LogP contribution in [0.2, 0.25) is 0 Å². The maximum Gasteiger partial charge on any atom is 0.328 e. The average molecular weight is 289 g/mol. The van der Waals surface area contributed by atoms with Crippen LogP contribution in [0.1, 0.15) is 6.92 Å². The number of rotatable bonds is 4. The molecule has 2 amide bonds. The standard InChI is InChI=1S/C14H15N3O4/c1-8(18)12(13(19)20)17-14(21)16-10-6-9-4-2-3-5-11(9)15-7-10/h2-8,12,18H,1H3,(H,19,20)(H2,16,17,21). The number of hydrogen-bond acceptors (Lipinski definition) is 4. The molecule has 0 aliphatic heterocycles. The minimum absolute atomic E-state index is 0.431. The molecule has 1 heterocycles. The zero-order valence-electron chi connectivity index (χ0n) is 11.3. The molecule has 0 bridgehead atoms. The van der Waals surface area contributed by atoms with Crippen molar-refractivity contribution >= 4 is 28.6 Å². The second kappa shape index (κ2) is 6.19. The normalized spacial score (nSPS) is 13.4. The summed E-state index contributed by atoms with van der Waals surface area (Å²) in [5.74, 6) is -1.31. The molecule has 7 nitrogen and oxygen atoms in total. The van der Waals surface area contributed by atoms with E-state index >= 15 is 0 Å². The number of hydrogen-bond donors (Lipinski definition) is 4. The molecule has 2 unspecified atom stereocenters. The number of urea groups is 1. The Labute approximate surface area is 120 Å². The number of carboxylic acids is 1. The highest BCUT2D eigenvalue weighted by molar-refractivity contribution is 5.94. The molecule has 4 N–H and O–H groups in total. The van der Waals surface area contributed by atoms with E-state index in [0.29, 0.717) is 5.69 Å². The first-order chi connectivity index (χ1) is 9.97. The largest absolute Gasteiger partial charge is 0.480 e. The van der Waals surface area contributed by atoms with Crippen LogP contribution in [0.3, 0.4) is 0 Å². The van der Waals surface area contributed by atoms with Gasteiger partial charge in [-0.2, -0.15) is 0 Å². The number of benzene rings is 1. The maximum atomic E-state index is 11.7. The lowest BCUT2D eigenvalue weighted by atomic mass is 10.2. The number of aromatic nitrogens is 1. The van der Waals surface area contributed by atoms with Crippen molar-refractivity contribution in [1.29, 1.82) is 0 Å². The summed E-state index contributed by atoms with van der Waals surface area (Å²) in [5, 5.41) is 23.7. The molecule has 1 aromatic carbocycles. The number of anilines is 1. The first-order valence-electron chi connectivity index (χ1n) is 6.30. The molecule has 0 radical (unpaired) electrons. The van der Waals surface area contributed by atoms with E-state index in [0.717, 1.165) is 10.9 Å². The van der Waals surface area contributed by atoms with Crippen LogP contribution < -0.4 is 10.6 Å². The summed E-state index contributed by atoms with van der Waals surface area (Å²) in [6.07, 6.45) is 0.267. The van der Waals surface area contributed by atoms with Crippen molar-refractivity contribution in [2.45, 2.75) is 19.1 Å². The predicted molar refractivity (Wildman–Crippen MR) is 77.0 cm³/mol. The van der Waals surface area contributed by atoms with Crippen LogP contribution >= 0.6 is 0 Å². The van der Waals surface area contributed by atoms with Gasteiger partial charge in [0.15, 0.2) is 6.04 Å². The molecular weight excluding hydrogens is 274 g/mol. The number of aliphatic hydroxyl groups excluding tert-OH is 1. The van der Waals surface area contributed by atoms with Crippen molar-refractivity contribution < 1.29 is 19.8 Å². The summed E-state index contributed by atoms with van der Waals surface area (Å²) in [6, 6.07) is 7.02. The highest BCUT2D eigenvalue weighted by atomic mass is 16.4. The molecule has 0 saturated carbocycles. The smallest absolute Gasteiger partial charge is 0.328 e. The molecule has 0 fully saturated rings. The van der Waals surface area contributed by atoms with E-state index in [9.17, 15) is 14.7 Å². The number of nitrogens with zero attached hydrogens (tertiary/aromatic N) is 1. The van der Waals surface area contributed by atoms with Crippen LogP contribution in [0.5, 0.6) is 0 Å². The first-order valence-corrected chi connectivity index (χ1v) is 6.30. The summed E-state index contributed by atoms with van der Waals surface area (Å²) in [5.41, 5.74) is 1.22. The highest BCUT2D eigenvalue weighted by Gasteiger charge is 2.24. The lowest BCUT2D eigenvalue weighted by molar-refractivity contribution is -0.141. The molecule has 2 rings (SSSR count). The Hall–Kier alpha value is -2.67. The minimum atomic E-state index is -1.38. The van der Waals surface area contributed by atoms with Gasteiger partial charge in [-0.25, -0.2) is 9.59 Å². The van der Waals surface area contributed by atoms with Crippen LogP contribution in [-0.2, 0) is 4.79 Å². The lowest BCUT2D eigenvalue weighted by Crippen LogP contribution is -2.49. The van der Waals surface area contributed by atoms with Crippen molar-refractivity contribution in [2.24, 2.45) is 0 Å². The maximum absolute atomic E-state index is 11.7. The molecule has 0 aliphatic carbocycles. The van der Waals surface area contributed by atoms with Crippen LogP contribution in [0.15, 0.2) is 36.5 Å². The van der Waals surface area contributed by atoms with Gasteiger partial charge in [0.1, 0.15) is 0 Å². The summed E-state index contributed by atoms with van der Waals surface area (Å²) >= 11 is 0. The zero-order valence-corrected chi connectivity index (χ0v) is 11.3. The zero-order chi connectivity index (χ0) is 15.4. The second-order valence-electron chi connectivity index (χ2n) is 4.57. The number of carbonyl (C=O) groups is 2. The number of amides is 2. The van der Waals surface area contributed by atoms with Gasteiger partial charge in [0.2, 0.25) is 0 Å². The van der Waals surface area contributed by atoms with Crippen molar-refractivity contribution in [3.05, 3.63) is 36.5 Å². The van der Waals surface area contributed by atoms with Gasteiger partial charge in [-0.05, 0) is 19.1 Å². The number of aliphatic hydroxyl groups is 1. The Bertz CT molecular complexity index is 672. The number of para-hydroxylation sites is 1. The van der Waals surface area contributed by atoms with E-state index in [-0.39, 0.29) is 0 Å². The average Bonchev–Trinajstić information content (AvgIpc) is 2.44. The third-order valence-electron chi connectivity index (χ3n) is 2.88. The van der Waals surface area contributed by atoms with Gasteiger partial charge in [0, 0.05) is 5.39 Å². The van der Waals surface area contributed by atoms with E-state index in [2.05, 4.69) is 15.6 Å². The van der Waals surface area contributed by atoms with Gasteiger partial charge in [-0.3, -0.25) is 4.98 Å². The summed E-state index contributed by atoms with van der Waals surface area (Å²) < 4.78 is 0. The fourth-order valence-corrected chi connectivity index (χ4v) is 1.84. The Balaban J connectivity index is 2.08. The van der Waals surface area contributed by atoms with Gasteiger partial charge >= 0.3 is 12.0 Å². The fourth-order valence-electron chi connectivity index (χ4n) is 1.84. The molecule has 7 heteroatoms. The quantitative estimate of drug-likeness (QED) is 0.675. The Morgan fingerprint density at radius 3 is 2.67 bits per heavy atom. The van der Waals surface area contributed by atoms with Crippen LogP contribution in [-0.4, -0.2) is 39.3 Å². The SMILES string of the molecule is CC(O)C(NC(=O)Nc1cnc2ccccc2c1)C(=O)O. The Morgan fingerprint density at radius 2 is 2.00 bits per heavy atom. The van der Waals surface area contributed by atoms with Gasteiger partial charge in [0.25, 0.3) is 0 Å². The van der Waals surface area contributed by atoms with Crippen molar-refractivity contribution in [1.82, 2.24) is 10.3 Å². The molecule has 21 heavy (non-hydrogen) atoms. The van der Waals surface area contributed by atoms with Crippen LogP contribution in [0, 0.1) is 0 Å². The molecule has 0 aliphatic rings. The van der Waals surface area contributed by atoms with Crippen molar-refractivity contribution in [2.75, 3.05) is 5.32 Å². The third kappa shape index (κ3) is 3.67. The van der Waals surface area contributed by atoms with E-state index in [1.54, 1.807) is 6.07 Å². The molecule has 2 aromatic rings. The summed E-state index contributed by atoms with van der Waals surface area (Å²) in [4.78, 5) is 26.8. The molecular formula is C14H15N3O4. The second-order valence-corrected chi connectivity index (χ2v) is 4.57. The number of fused-ring (bicyclic) bond motifs is 1. The topological polar surface area (TPSA) is 112 Å². The molecule has 0 saturated heterocycles. The van der Waals surface area contributed by atoms with Crippen molar-refractivity contribution in [3.8, 4) is 0 Å². The number of nitrogens with one attached hydrogen (secondary N) is 2.